The molecule has 5 rings (SSSR count). The second kappa shape index (κ2) is 4.23. The summed E-state index contributed by atoms with van der Waals surface area (Å²) in [4.78, 5) is 14.9. The average Bonchev–Trinajstić information content (AvgIpc) is 2.78. The van der Waals surface area contributed by atoms with Gasteiger partial charge < -0.3 is 4.90 Å². The fourth-order valence-corrected chi connectivity index (χ4v) is 5.71. The lowest BCUT2D eigenvalue weighted by molar-refractivity contribution is -0.138. The van der Waals surface area contributed by atoms with Crippen molar-refractivity contribution in [1.29, 1.82) is 0 Å². The first-order valence-electron chi connectivity index (χ1n) is 8.44. The lowest BCUT2D eigenvalue weighted by atomic mass is 9.87. The molecule has 2 nitrogen and oxygen atoms in total. The van der Waals surface area contributed by atoms with Crippen molar-refractivity contribution >= 4 is 5.91 Å². The van der Waals surface area contributed by atoms with Gasteiger partial charge in [0.25, 0.3) is 0 Å². The second-order valence-corrected chi connectivity index (χ2v) is 8.06. The summed E-state index contributed by atoms with van der Waals surface area (Å²) in [5.41, 5.74) is 0. The summed E-state index contributed by atoms with van der Waals surface area (Å²) >= 11 is 0. The van der Waals surface area contributed by atoms with E-state index in [1.165, 1.54) is 32.1 Å². The summed E-state index contributed by atoms with van der Waals surface area (Å²) in [6.45, 7) is 6.72. The number of rotatable bonds is 3. The number of hydrogen-bond acceptors (Lipinski definition) is 1. The van der Waals surface area contributed by atoms with Gasteiger partial charge in [0.05, 0.1) is 0 Å². The summed E-state index contributed by atoms with van der Waals surface area (Å²) in [5.74, 6) is 6.22. The van der Waals surface area contributed by atoms with Crippen LogP contribution in [0.4, 0.5) is 0 Å². The fourth-order valence-electron chi connectivity index (χ4n) is 5.71. The molecule has 3 unspecified atom stereocenters. The molecule has 0 aromatic rings. The first-order valence-corrected chi connectivity index (χ1v) is 8.44. The fraction of sp³-hybridized carbons (Fsp3) is 0.941. The number of hydrogen-bond donors (Lipinski definition) is 0. The van der Waals surface area contributed by atoms with Gasteiger partial charge in [0.15, 0.2) is 0 Å². The Balaban J connectivity index is 1.33. The number of piperidine rings is 1. The van der Waals surface area contributed by atoms with Crippen molar-refractivity contribution in [2.75, 3.05) is 13.1 Å². The first-order chi connectivity index (χ1) is 9.15. The van der Waals surface area contributed by atoms with E-state index in [9.17, 15) is 4.79 Å². The first kappa shape index (κ1) is 12.2. The van der Waals surface area contributed by atoms with Crippen molar-refractivity contribution in [2.45, 2.75) is 46.0 Å². The van der Waals surface area contributed by atoms with Crippen molar-refractivity contribution in [3.05, 3.63) is 0 Å². The van der Waals surface area contributed by atoms with Crippen LogP contribution >= 0.6 is 0 Å². The third kappa shape index (κ3) is 1.86. The topological polar surface area (TPSA) is 20.3 Å². The van der Waals surface area contributed by atoms with E-state index in [2.05, 4.69) is 18.7 Å². The van der Waals surface area contributed by atoms with Crippen LogP contribution in [0, 0.1) is 41.4 Å². The molecule has 1 heterocycles. The highest BCUT2D eigenvalue weighted by Crippen LogP contribution is 2.73. The Labute approximate surface area is 116 Å². The zero-order valence-electron chi connectivity index (χ0n) is 12.3. The van der Waals surface area contributed by atoms with Gasteiger partial charge in [-0.2, -0.15) is 0 Å². The highest BCUT2D eigenvalue weighted by molar-refractivity contribution is 5.81. The van der Waals surface area contributed by atoms with Gasteiger partial charge in [-0.1, -0.05) is 13.8 Å². The highest BCUT2D eigenvalue weighted by Gasteiger charge is 2.70. The maximum absolute atomic E-state index is 12.7. The summed E-state index contributed by atoms with van der Waals surface area (Å²) in [6, 6.07) is 0. The molecule has 5 aliphatic rings. The predicted octanol–water partition coefficient (Wildman–Crippen LogP) is 3.17. The lowest BCUT2D eigenvalue weighted by Gasteiger charge is -2.35. The van der Waals surface area contributed by atoms with Gasteiger partial charge in [-0.05, 0) is 67.6 Å². The summed E-state index contributed by atoms with van der Waals surface area (Å²) < 4.78 is 0. The second-order valence-electron chi connectivity index (χ2n) is 8.06. The molecule has 4 saturated carbocycles. The Kier molecular flexibility index (Phi) is 2.72. The van der Waals surface area contributed by atoms with E-state index in [-0.39, 0.29) is 0 Å². The Hall–Kier alpha value is -0.530. The monoisotopic (exact) mass is 261 g/mol. The number of likely N-dealkylation sites (tertiary alicyclic amines) is 1. The third-order valence-electron chi connectivity index (χ3n) is 6.49. The zero-order valence-corrected chi connectivity index (χ0v) is 12.3. The maximum Gasteiger partial charge on any atom is 0.226 e. The molecule has 0 aromatic carbocycles. The lowest BCUT2D eigenvalue weighted by Crippen LogP contribution is -2.43. The van der Waals surface area contributed by atoms with Crippen LogP contribution in [-0.4, -0.2) is 23.9 Å². The molecule has 2 heteroatoms. The Bertz CT molecular complexity index is 369. The molecule has 106 valence electrons. The standard InChI is InChI=1S/C17H27NO/c1-10(2)7-11-3-5-18(6-4-11)17(19)15-12-8-13-14(9-12)16(13)15/h10-16H,3-9H2,1-2H3. The summed E-state index contributed by atoms with van der Waals surface area (Å²) in [5, 5.41) is 0. The van der Waals surface area contributed by atoms with Gasteiger partial charge in [-0.25, -0.2) is 0 Å². The number of carbonyl (C=O) groups is 1. The van der Waals surface area contributed by atoms with Crippen molar-refractivity contribution in [3.63, 3.8) is 0 Å². The minimum absolute atomic E-state index is 0.455. The van der Waals surface area contributed by atoms with Gasteiger partial charge in [0.1, 0.15) is 0 Å². The van der Waals surface area contributed by atoms with Crippen molar-refractivity contribution in [3.8, 4) is 0 Å². The SMILES string of the molecule is CC(C)CC1CCN(C(=O)C2C3CC4C(C3)C42)CC1. The van der Waals surface area contributed by atoms with Crippen molar-refractivity contribution in [1.82, 2.24) is 4.90 Å². The third-order valence-corrected chi connectivity index (χ3v) is 6.49. The van der Waals surface area contributed by atoms with Gasteiger partial charge in [0, 0.05) is 19.0 Å². The van der Waals surface area contributed by atoms with Gasteiger partial charge in [-0.15, -0.1) is 0 Å². The van der Waals surface area contributed by atoms with E-state index >= 15 is 0 Å². The van der Waals surface area contributed by atoms with Gasteiger partial charge in [-0.3, -0.25) is 4.79 Å². The number of amides is 1. The van der Waals surface area contributed by atoms with E-state index in [1.807, 2.05) is 0 Å². The molecule has 0 N–H and O–H groups in total. The van der Waals surface area contributed by atoms with Crippen LogP contribution in [0.3, 0.4) is 0 Å². The highest BCUT2D eigenvalue weighted by atomic mass is 16.2. The van der Waals surface area contributed by atoms with E-state index in [0.717, 1.165) is 48.6 Å². The molecule has 0 aromatic heterocycles. The van der Waals surface area contributed by atoms with E-state index in [0.29, 0.717) is 11.8 Å². The van der Waals surface area contributed by atoms with Gasteiger partial charge in [0.2, 0.25) is 5.91 Å². The van der Waals surface area contributed by atoms with Crippen LogP contribution < -0.4 is 0 Å². The average molecular weight is 261 g/mol. The molecule has 4 bridgehead atoms. The van der Waals surface area contributed by atoms with Crippen LogP contribution in [0.2, 0.25) is 0 Å². The van der Waals surface area contributed by atoms with Crippen LogP contribution in [0.5, 0.6) is 0 Å². The van der Waals surface area contributed by atoms with E-state index in [1.54, 1.807) is 0 Å². The molecule has 4 aliphatic carbocycles. The van der Waals surface area contributed by atoms with Crippen LogP contribution in [0.25, 0.3) is 0 Å². The van der Waals surface area contributed by atoms with Crippen LogP contribution in [0.1, 0.15) is 46.0 Å². The van der Waals surface area contributed by atoms with Gasteiger partial charge >= 0.3 is 0 Å². The smallest absolute Gasteiger partial charge is 0.226 e. The quantitative estimate of drug-likeness (QED) is 0.764. The molecular formula is C17H27NO. The molecule has 1 amide bonds. The predicted molar refractivity (Wildman–Crippen MR) is 75.4 cm³/mol. The molecule has 0 spiro atoms. The molecular weight excluding hydrogens is 234 g/mol. The Morgan fingerprint density at radius 2 is 1.79 bits per heavy atom. The molecule has 19 heavy (non-hydrogen) atoms. The summed E-state index contributed by atoms with van der Waals surface area (Å²) in [6.07, 6.45) is 6.61. The minimum Gasteiger partial charge on any atom is -0.342 e. The molecule has 5 fully saturated rings. The Morgan fingerprint density at radius 3 is 2.26 bits per heavy atom. The molecule has 1 saturated heterocycles. The van der Waals surface area contributed by atoms with E-state index < -0.39 is 0 Å². The molecule has 1 aliphatic heterocycles. The summed E-state index contributed by atoms with van der Waals surface area (Å²) in [7, 11) is 0. The van der Waals surface area contributed by atoms with Crippen molar-refractivity contribution < 1.29 is 4.79 Å². The number of nitrogens with zero attached hydrogens (tertiary/aromatic N) is 1. The van der Waals surface area contributed by atoms with Crippen molar-refractivity contribution in [2.24, 2.45) is 41.4 Å². The number of carbonyl (C=O) groups excluding carboxylic acids is 1. The van der Waals surface area contributed by atoms with E-state index in [4.69, 9.17) is 0 Å². The van der Waals surface area contributed by atoms with Crippen LogP contribution in [-0.2, 0) is 4.79 Å². The minimum atomic E-state index is 0.455. The zero-order chi connectivity index (χ0) is 13.1. The van der Waals surface area contributed by atoms with Crippen LogP contribution in [0.15, 0.2) is 0 Å². The molecule has 3 atom stereocenters. The normalized spacial score (nSPS) is 44.2. The Morgan fingerprint density at radius 1 is 1.16 bits per heavy atom. The molecule has 0 radical (unpaired) electrons. The maximum atomic E-state index is 12.7. The largest absolute Gasteiger partial charge is 0.342 e.